The summed E-state index contributed by atoms with van der Waals surface area (Å²) in [4.78, 5) is 7.66. The Labute approximate surface area is 187 Å². The van der Waals surface area contributed by atoms with Gasteiger partial charge in [0.2, 0.25) is 0 Å². The Morgan fingerprint density at radius 3 is 2.53 bits per heavy atom. The zero-order chi connectivity index (χ0) is 21.5. The number of hydrogen-bond acceptors (Lipinski definition) is 3. The van der Waals surface area contributed by atoms with Crippen LogP contribution in [0, 0.1) is 0 Å². The summed E-state index contributed by atoms with van der Waals surface area (Å²) >= 11 is 0. The van der Waals surface area contributed by atoms with Crippen molar-refractivity contribution in [3.05, 3.63) is 108 Å². The Bertz CT molecular complexity index is 1440. The van der Waals surface area contributed by atoms with Gasteiger partial charge in [-0.25, -0.2) is 4.98 Å². The second-order valence-corrected chi connectivity index (χ2v) is 8.59. The zero-order valence-corrected chi connectivity index (χ0v) is 17.8. The minimum Gasteiger partial charge on any atom is -0.508 e. The molecular formula is C29H24N2O. The number of rotatable bonds is 3. The van der Waals surface area contributed by atoms with Gasteiger partial charge in [0.1, 0.15) is 5.75 Å². The molecule has 0 atom stereocenters. The van der Waals surface area contributed by atoms with Crippen LogP contribution in [0.25, 0.3) is 32.9 Å². The lowest BCUT2D eigenvalue weighted by Gasteiger charge is -2.31. The van der Waals surface area contributed by atoms with Gasteiger partial charge in [-0.1, -0.05) is 72.8 Å². The van der Waals surface area contributed by atoms with Crippen molar-refractivity contribution in [2.75, 3.05) is 6.54 Å². The van der Waals surface area contributed by atoms with E-state index in [9.17, 15) is 5.11 Å². The second kappa shape index (κ2) is 7.77. The standard InChI is InChI=1S/C29H24N2O/c32-23-11-6-10-22(17-23)29-26-19-31(18-20-7-2-1-3-8-20)16-15-25(26)28-24-12-5-4-9-21(24)13-14-27(28)30-29/h1-14,17,32H,15-16,18-19H2. The molecule has 1 aromatic heterocycles. The fraction of sp³-hybridized carbons (Fsp3) is 0.138. The molecule has 5 aromatic rings. The number of aromatic hydroxyl groups is 1. The first-order chi connectivity index (χ1) is 15.8. The van der Waals surface area contributed by atoms with E-state index in [1.54, 1.807) is 6.07 Å². The third-order valence-corrected chi connectivity index (χ3v) is 6.52. The van der Waals surface area contributed by atoms with Crippen LogP contribution in [-0.2, 0) is 19.5 Å². The van der Waals surface area contributed by atoms with Crippen LogP contribution in [0.2, 0.25) is 0 Å². The number of benzene rings is 4. The number of nitrogens with zero attached hydrogens (tertiary/aromatic N) is 2. The molecule has 0 saturated carbocycles. The summed E-state index contributed by atoms with van der Waals surface area (Å²) < 4.78 is 0. The van der Waals surface area contributed by atoms with Crippen molar-refractivity contribution in [1.29, 1.82) is 0 Å². The Hall–Kier alpha value is -3.69. The minimum absolute atomic E-state index is 0.272. The molecule has 0 unspecified atom stereocenters. The van der Waals surface area contributed by atoms with Gasteiger partial charge in [-0.05, 0) is 52.1 Å². The molecule has 1 aliphatic rings. The molecule has 0 fully saturated rings. The van der Waals surface area contributed by atoms with Crippen LogP contribution in [0.1, 0.15) is 16.7 Å². The highest BCUT2D eigenvalue weighted by Crippen LogP contribution is 2.38. The van der Waals surface area contributed by atoms with E-state index in [4.69, 9.17) is 4.98 Å². The smallest absolute Gasteiger partial charge is 0.116 e. The summed E-state index contributed by atoms with van der Waals surface area (Å²) in [7, 11) is 0. The lowest BCUT2D eigenvalue weighted by molar-refractivity contribution is 0.246. The minimum atomic E-state index is 0.272. The molecular weight excluding hydrogens is 392 g/mol. The third kappa shape index (κ3) is 3.31. The molecule has 1 N–H and O–H groups in total. The highest BCUT2D eigenvalue weighted by molar-refractivity contribution is 6.09. The van der Waals surface area contributed by atoms with Crippen molar-refractivity contribution in [2.45, 2.75) is 19.5 Å². The summed E-state index contributed by atoms with van der Waals surface area (Å²) in [6.45, 7) is 2.79. The topological polar surface area (TPSA) is 36.4 Å². The zero-order valence-electron chi connectivity index (χ0n) is 17.8. The lowest BCUT2D eigenvalue weighted by atomic mass is 9.89. The summed E-state index contributed by atoms with van der Waals surface area (Å²) in [5, 5.41) is 13.9. The van der Waals surface area contributed by atoms with Crippen LogP contribution >= 0.6 is 0 Å². The summed E-state index contributed by atoms with van der Waals surface area (Å²) in [5.41, 5.74) is 6.98. The summed E-state index contributed by atoms with van der Waals surface area (Å²) in [5.74, 6) is 0.272. The molecule has 32 heavy (non-hydrogen) atoms. The number of phenols is 1. The van der Waals surface area contributed by atoms with Crippen molar-refractivity contribution in [1.82, 2.24) is 9.88 Å². The van der Waals surface area contributed by atoms with E-state index in [0.29, 0.717) is 0 Å². The van der Waals surface area contributed by atoms with Gasteiger partial charge in [0.15, 0.2) is 0 Å². The van der Waals surface area contributed by atoms with E-state index in [1.807, 2.05) is 18.2 Å². The molecule has 1 aliphatic heterocycles. The fourth-order valence-corrected chi connectivity index (χ4v) is 5.04. The fourth-order valence-electron chi connectivity index (χ4n) is 5.04. The highest BCUT2D eigenvalue weighted by atomic mass is 16.3. The SMILES string of the molecule is Oc1cccc(-c2nc3ccc4ccccc4c3c3c2CN(Cc2ccccc2)CC3)c1. The summed E-state index contributed by atoms with van der Waals surface area (Å²) in [6.07, 6.45) is 0.987. The molecule has 4 aromatic carbocycles. The lowest BCUT2D eigenvalue weighted by Crippen LogP contribution is -2.31. The van der Waals surface area contributed by atoms with Gasteiger partial charge < -0.3 is 5.11 Å². The van der Waals surface area contributed by atoms with E-state index < -0.39 is 0 Å². The number of aromatic nitrogens is 1. The maximum atomic E-state index is 10.1. The van der Waals surface area contributed by atoms with Crippen LogP contribution in [0.3, 0.4) is 0 Å². The first-order valence-corrected chi connectivity index (χ1v) is 11.2. The number of fused-ring (bicyclic) bond motifs is 5. The van der Waals surface area contributed by atoms with Gasteiger partial charge >= 0.3 is 0 Å². The maximum Gasteiger partial charge on any atom is 0.116 e. The van der Waals surface area contributed by atoms with E-state index >= 15 is 0 Å². The van der Waals surface area contributed by atoms with Crippen LogP contribution < -0.4 is 0 Å². The van der Waals surface area contributed by atoms with Gasteiger partial charge in [0.05, 0.1) is 11.2 Å². The molecule has 0 aliphatic carbocycles. The van der Waals surface area contributed by atoms with Crippen molar-refractivity contribution >= 4 is 21.7 Å². The van der Waals surface area contributed by atoms with Gasteiger partial charge in [-0.3, -0.25) is 4.90 Å². The first kappa shape index (κ1) is 19.0. The molecule has 0 spiro atoms. The molecule has 3 nitrogen and oxygen atoms in total. The van der Waals surface area contributed by atoms with Crippen molar-refractivity contribution in [2.24, 2.45) is 0 Å². The van der Waals surface area contributed by atoms with Crippen LogP contribution in [0.5, 0.6) is 5.75 Å². The molecule has 0 bridgehead atoms. The van der Waals surface area contributed by atoms with Crippen molar-refractivity contribution < 1.29 is 5.11 Å². The molecule has 0 radical (unpaired) electrons. The molecule has 6 rings (SSSR count). The second-order valence-electron chi connectivity index (χ2n) is 8.59. The van der Waals surface area contributed by atoms with Gasteiger partial charge in [-0.15, -0.1) is 0 Å². The van der Waals surface area contributed by atoms with Gasteiger partial charge in [-0.2, -0.15) is 0 Å². The van der Waals surface area contributed by atoms with E-state index in [-0.39, 0.29) is 5.75 Å². The van der Waals surface area contributed by atoms with Crippen LogP contribution in [-0.4, -0.2) is 21.5 Å². The average Bonchev–Trinajstić information content (AvgIpc) is 2.84. The van der Waals surface area contributed by atoms with Crippen molar-refractivity contribution in [3.63, 3.8) is 0 Å². The third-order valence-electron chi connectivity index (χ3n) is 6.52. The highest BCUT2D eigenvalue weighted by Gasteiger charge is 2.24. The molecule has 0 amide bonds. The Morgan fingerprint density at radius 2 is 1.66 bits per heavy atom. The predicted octanol–water partition coefficient (Wildman–Crippen LogP) is 6.32. The number of pyridine rings is 1. The monoisotopic (exact) mass is 416 g/mol. The molecule has 156 valence electrons. The average molecular weight is 417 g/mol. The van der Waals surface area contributed by atoms with Crippen LogP contribution in [0.15, 0.2) is 91.0 Å². The molecule has 0 saturated heterocycles. The first-order valence-electron chi connectivity index (χ1n) is 11.2. The Kier molecular flexibility index (Phi) is 4.62. The Balaban J connectivity index is 1.56. The number of hydrogen-bond donors (Lipinski definition) is 1. The van der Waals surface area contributed by atoms with E-state index in [2.05, 4.69) is 71.6 Å². The summed E-state index contributed by atoms with van der Waals surface area (Å²) in [6, 6.07) is 31.0. The normalized spacial score (nSPS) is 14.0. The maximum absolute atomic E-state index is 10.1. The largest absolute Gasteiger partial charge is 0.508 e. The van der Waals surface area contributed by atoms with E-state index in [0.717, 1.165) is 42.8 Å². The molecule has 3 heteroatoms. The van der Waals surface area contributed by atoms with Gasteiger partial charge in [0, 0.05) is 30.6 Å². The quantitative estimate of drug-likeness (QED) is 0.350. The molecule has 2 heterocycles. The van der Waals surface area contributed by atoms with Gasteiger partial charge in [0.25, 0.3) is 0 Å². The number of phenolic OH excluding ortho intramolecular Hbond substituents is 1. The Morgan fingerprint density at radius 1 is 0.812 bits per heavy atom. The predicted molar refractivity (Wildman–Crippen MR) is 131 cm³/mol. The van der Waals surface area contributed by atoms with E-state index in [1.165, 1.54) is 32.8 Å². The van der Waals surface area contributed by atoms with Crippen LogP contribution in [0.4, 0.5) is 0 Å². The van der Waals surface area contributed by atoms with Crippen molar-refractivity contribution in [3.8, 4) is 17.0 Å².